The topological polar surface area (TPSA) is 122 Å². The van der Waals surface area contributed by atoms with E-state index >= 15 is 0 Å². The number of ether oxygens (including phenoxy) is 1. The molecule has 1 aliphatic rings. The molecule has 2 amide bonds. The summed E-state index contributed by atoms with van der Waals surface area (Å²) in [5.41, 5.74) is 1.06. The van der Waals surface area contributed by atoms with Gasteiger partial charge in [-0.2, -0.15) is 4.98 Å². The molecule has 0 aliphatic carbocycles. The number of benzene rings is 1. The van der Waals surface area contributed by atoms with Crippen molar-refractivity contribution in [2.45, 2.75) is 25.9 Å². The zero-order valence-electron chi connectivity index (χ0n) is 22.1. The van der Waals surface area contributed by atoms with Crippen LogP contribution in [0.1, 0.15) is 19.8 Å². The predicted molar refractivity (Wildman–Crippen MR) is 147 cm³/mol. The van der Waals surface area contributed by atoms with E-state index < -0.39 is 6.10 Å². The molecule has 1 fully saturated rings. The first-order chi connectivity index (χ1) is 18.1. The first kappa shape index (κ1) is 27.2. The number of hydrogen-bond donors (Lipinski definition) is 2. The van der Waals surface area contributed by atoms with Crippen molar-refractivity contribution in [3.05, 3.63) is 45.8 Å². The number of rotatable bonds is 7. The monoisotopic (exact) mass is 541 g/mol. The van der Waals surface area contributed by atoms with E-state index in [4.69, 9.17) is 16.3 Å². The average Bonchev–Trinajstić information content (AvgIpc) is 2.91. The Morgan fingerprint density at radius 2 is 1.92 bits per heavy atom. The molecular formula is C26H32ClN7O4. The van der Waals surface area contributed by atoms with Gasteiger partial charge in [0.1, 0.15) is 5.02 Å². The normalized spacial score (nSPS) is 14.7. The summed E-state index contributed by atoms with van der Waals surface area (Å²) in [5, 5.41) is 6.84. The number of hydrogen-bond acceptors (Lipinski definition) is 8. The van der Waals surface area contributed by atoms with Crippen molar-refractivity contribution in [3.8, 4) is 5.75 Å². The summed E-state index contributed by atoms with van der Waals surface area (Å²) < 4.78 is 7.12. The quantitative estimate of drug-likeness (QED) is 0.468. The number of piperidine rings is 1. The maximum atomic E-state index is 12.8. The molecule has 3 heterocycles. The minimum atomic E-state index is -0.823. The van der Waals surface area contributed by atoms with E-state index in [0.717, 1.165) is 18.2 Å². The Labute approximate surface area is 225 Å². The second-order valence-corrected chi connectivity index (χ2v) is 9.91. The van der Waals surface area contributed by atoms with Gasteiger partial charge in [0.25, 0.3) is 11.5 Å². The highest BCUT2D eigenvalue weighted by atomic mass is 35.5. The fourth-order valence-electron chi connectivity index (χ4n) is 4.49. The lowest BCUT2D eigenvalue weighted by atomic mass is 9.96. The summed E-state index contributed by atoms with van der Waals surface area (Å²) in [5.74, 6) is 0.881. The Morgan fingerprint density at radius 3 is 2.58 bits per heavy atom. The van der Waals surface area contributed by atoms with Gasteiger partial charge < -0.3 is 29.7 Å². The molecule has 0 spiro atoms. The molecule has 0 radical (unpaired) electrons. The van der Waals surface area contributed by atoms with Gasteiger partial charge in [-0.15, -0.1) is 0 Å². The zero-order valence-corrected chi connectivity index (χ0v) is 22.9. The lowest BCUT2D eigenvalue weighted by Crippen LogP contribution is -2.40. The molecule has 202 valence electrons. The molecule has 0 saturated carbocycles. The number of aromatic nitrogens is 3. The third-order valence-corrected chi connectivity index (χ3v) is 6.95. The molecule has 11 nitrogen and oxygen atoms in total. The lowest BCUT2D eigenvalue weighted by molar-refractivity contribution is -0.133. The first-order valence-corrected chi connectivity index (χ1v) is 12.7. The highest BCUT2D eigenvalue weighted by molar-refractivity contribution is 6.32. The van der Waals surface area contributed by atoms with E-state index in [1.807, 2.05) is 23.1 Å². The zero-order chi connectivity index (χ0) is 27.6. The number of nitrogens with one attached hydrogen (secondary N) is 2. The summed E-state index contributed by atoms with van der Waals surface area (Å²) in [4.78, 5) is 49.7. The van der Waals surface area contributed by atoms with Crippen molar-refractivity contribution in [1.29, 1.82) is 0 Å². The van der Waals surface area contributed by atoms with Gasteiger partial charge in [0.15, 0.2) is 17.7 Å². The van der Waals surface area contributed by atoms with E-state index in [0.29, 0.717) is 41.1 Å². The second kappa shape index (κ2) is 11.3. The van der Waals surface area contributed by atoms with Crippen LogP contribution in [-0.2, 0) is 16.6 Å². The standard InChI is InChI=1S/C26H32ClN7O4/c1-15(23(35)28-2)38-21-13-17-12-18(6-7-20(17)33(5)25(21)37)30-22-19(27)14-29-26(31-22)34-10-8-16(9-11-34)24(36)32(3)4/h6-7,12-16H,8-11H2,1-5H3,(H,28,35)(H,29,30,31)/t15-/m1/s1. The van der Waals surface area contributed by atoms with Gasteiger partial charge in [-0.3, -0.25) is 14.4 Å². The molecule has 12 heteroatoms. The van der Waals surface area contributed by atoms with E-state index in [1.165, 1.54) is 11.6 Å². The number of pyridine rings is 1. The molecule has 1 atom stereocenters. The van der Waals surface area contributed by atoms with Gasteiger partial charge in [0.05, 0.1) is 11.7 Å². The number of nitrogens with zero attached hydrogens (tertiary/aromatic N) is 5. The summed E-state index contributed by atoms with van der Waals surface area (Å²) in [6, 6.07) is 7.11. The minimum Gasteiger partial charge on any atom is -0.475 e. The Bertz CT molecular complexity index is 1420. The van der Waals surface area contributed by atoms with Crippen LogP contribution in [0, 0.1) is 5.92 Å². The van der Waals surface area contributed by atoms with Crippen LogP contribution in [0.4, 0.5) is 17.5 Å². The molecular weight excluding hydrogens is 510 g/mol. The fourth-order valence-corrected chi connectivity index (χ4v) is 4.63. The highest BCUT2D eigenvalue weighted by Crippen LogP contribution is 2.29. The number of likely N-dealkylation sites (N-methyl/N-ethyl adjacent to an activating group) is 1. The summed E-state index contributed by atoms with van der Waals surface area (Å²) in [7, 11) is 6.72. The van der Waals surface area contributed by atoms with Crippen molar-refractivity contribution < 1.29 is 14.3 Å². The van der Waals surface area contributed by atoms with Crippen LogP contribution in [0.2, 0.25) is 5.02 Å². The number of halogens is 1. The van der Waals surface area contributed by atoms with Gasteiger partial charge >= 0.3 is 0 Å². The molecule has 2 aromatic heterocycles. The second-order valence-electron chi connectivity index (χ2n) is 9.51. The first-order valence-electron chi connectivity index (χ1n) is 12.4. The maximum Gasteiger partial charge on any atom is 0.293 e. The number of carbonyl (C=O) groups is 2. The van der Waals surface area contributed by atoms with E-state index in [1.54, 1.807) is 45.2 Å². The fraction of sp³-hybridized carbons (Fsp3) is 0.423. The maximum absolute atomic E-state index is 12.8. The molecule has 0 unspecified atom stereocenters. The number of carbonyl (C=O) groups excluding carboxylic acids is 2. The van der Waals surface area contributed by atoms with Crippen LogP contribution in [0.15, 0.2) is 35.3 Å². The third-order valence-electron chi connectivity index (χ3n) is 6.67. The number of aryl methyl sites for hydroxylation is 1. The summed E-state index contributed by atoms with van der Waals surface area (Å²) in [6.45, 7) is 2.93. The van der Waals surface area contributed by atoms with Gasteiger partial charge in [-0.1, -0.05) is 11.6 Å². The van der Waals surface area contributed by atoms with Gasteiger partial charge in [0, 0.05) is 58.3 Å². The van der Waals surface area contributed by atoms with Crippen molar-refractivity contribution in [2.24, 2.45) is 13.0 Å². The van der Waals surface area contributed by atoms with E-state index in [9.17, 15) is 14.4 Å². The smallest absolute Gasteiger partial charge is 0.293 e. The molecule has 0 bridgehead atoms. The van der Waals surface area contributed by atoms with Crippen LogP contribution < -0.4 is 25.8 Å². The Morgan fingerprint density at radius 1 is 1.21 bits per heavy atom. The van der Waals surface area contributed by atoms with Crippen molar-refractivity contribution in [3.63, 3.8) is 0 Å². The minimum absolute atomic E-state index is 0.00734. The van der Waals surface area contributed by atoms with Crippen molar-refractivity contribution >= 4 is 51.8 Å². The Kier molecular flexibility index (Phi) is 8.05. The van der Waals surface area contributed by atoms with Gasteiger partial charge in [-0.25, -0.2) is 4.98 Å². The highest BCUT2D eigenvalue weighted by Gasteiger charge is 2.27. The van der Waals surface area contributed by atoms with E-state index in [2.05, 4.69) is 20.6 Å². The van der Waals surface area contributed by atoms with E-state index in [-0.39, 0.29) is 29.0 Å². The van der Waals surface area contributed by atoms with Crippen LogP contribution in [0.5, 0.6) is 5.75 Å². The van der Waals surface area contributed by atoms with Crippen LogP contribution in [0.3, 0.4) is 0 Å². The Balaban J connectivity index is 1.56. The third kappa shape index (κ3) is 5.67. The Hall–Kier alpha value is -3.86. The van der Waals surface area contributed by atoms with Crippen molar-refractivity contribution in [2.75, 3.05) is 44.4 Å². The number of fused-ring (bicyclic) bond motifs is 1. The molecule has 1 aromatic carbocycles. The average molecular weight is 542 g/mol. The number of anilines is 3. The largest absolute Gasteiger partial charge is 0.475 e. The van der Waals surface area contributed by atoms with Crippen LogP contribution >= 0.6 is 11.6 Å². The van der Waals surface area contributed by atoms with Gasteiger partial charge in [0.2, 0.25) is 11.9 Å². The lowest BCUT2D eigenvalue weighted by Gasteiger charge is -2.32. The SMILES string of the molecule is CNC(=O)[C@@H](C)Oc1cc2cc(Nc3nc(N4CCC(C(=O)N(C)C)CC4)ncc3Cl)ccc2n(C)c1=O. The summed E-state index contributed by atoms with van der Waals surface area (Å²) in [6.07, 6.45) is 2.20. The van der Waals surface area contributed by atoms with Crippen molar-refractivity contribution in [1.82, 2.24) is 24.8 Å². The summed E-state index contributed by atoms with van der Waals surface area (Å²) >= 11 is 6.42. The number of amides is 2. The molecule has 1 saturated heterocycles. The molecule has 1 aliphatic heterocycles. The van der Waals surface area contributed by atoms with Gasteiger partial charge in [-0.05, 0) is 44.0 Å². The molecule has 2 N–H and O–H groups in total. The molecule has 4 rings (SSSR count). The van der Waals surface area contributed by atoms with Crippen LogP contribution in [0.25, 0.3) is 10.9 Å². The molecule has 3 aromatic rings. The predicted octanol–water partition coefficient (Wildman–Crippen LogP) is 2.54. The van der Waals surface area contributed by atoms with Crippen LogP contribution in [-0.4, -0.2) is 71.6 Å². The molecule has 38 heavy (non-hydrogen) atoms.